The fourth-order valence-electron chi connectivity index (χ4n) is 3.30. The summed E-state index contributed by atoms with van der Waals surface area (Å²) in [6, 6.07) is 21.8. The Hall–Kier alpha value is -2.12. The molecule has 1 aliphatic carbocycles. The van der Waals surface area contributed by atoms with Crippen LogP contribution in [0.3, 0.4) is 0 Å². The quantitative estimate of drug-likeness (QED) is 0.525. The van der Waals surface area contributed by atoms with E-state index in [9.17, 15) is 0 Å². The van der Waals surface area contributed by atoms with Crippen LogP contribution in [-0.4, -0.2) is 0 Å². The SMILES string of the molecule is c1ccc2c(c1)-c1cc3ccccc3cc1C1O[C@H]21. The first-order valence-electron chi connectivity index (χ1n) is 6.69. The topological polar surface area (TPSA) is 12.5 Å². The second-order valence-corrected chi connectivity index (χ2v) is 5.35. The number of fused-ring (bicyclic) bond motifs is 7. The van der Waals surface area contributed by atoms with Crippen LogP contribution in [0.1, 0.15) is 23.3 Å². The molecule has 1 aliphatic heterocycles. The highest BCUT2D eigenvalue weighted by Gasteiger charge is 2.47. The summed E-state index contributed by atoms with van der Waals surface area (Å²) in [5.74, 6) is 0. The molecule has 90 valence electrons. The average Bonchev–Trinajstić information content (AvgIpc) is 3.27. The largest absolute Gasteiger partial charge is 0.359 e. The third-order valence-electron chi connectivity index (χ3n) is 4.27. The Bertz CT molecular complexity index is 819. The van der Waals surface area contributed by atoms with Crippen LogP contribution < -0.4 is 0 Å². The Morgan fingerprint density at radius 2 is 1.32 bits per heavy atom. The van der Waals surface area contributed by atoms with Crippen LogP contribution in [0, 0.1) is 0 Å². The molecule has 1 fully saturated rings. The van der Waals surface area contributed by atoms with E-state index in [4.69, 9.17) is 4.74 Å². The van der Waals surface area contributed by atoms with Crippen LogP contribution in [0.5, 0.6) is 0 Å². The molecule has 1 saturated heterocycles. The summed E-state index contributed by atoms with van der Waals surface area (Å²) in [5.41, 5.74) is 5.37. The Labute approximate surface area is 111 Å². The van der Waals surface area contributed by atoms with Crippen molar-refractivity contribution in [2.45, 2.75) is 12.2 Å². The standard InChI is InChI=1S/C18H12O/c1-2-6-12-10-16-15(9-11(12)5-1)13-7-3-4-8-14(13)17-18(16)19-17/h1-10,17-18H/t17-,18?/m1/s1. The van der Waals surface area contributed by atoms with Crippen molar-refractivity contribution in [3.05, 3.63) is 71.8 Å². The summed E-state index contributed by atoms with van der Waals surface area (Å²) in [7, 11) is 0. The summed E-state index contributed by atoms with van der Waals surface area (Å²) in [4.78, 5) is 0. The highest BCUT2D eigenvalue weighted by atomic mass is 16.6. The molecule has 19 heavy (non-hydrogen) atoms. The zero-order valence-electron chi connectivity index (χ0n) is 10.3. The van der Waals surface area contributed by atoms with Crippen molar-refractivity contribution >= 4 is 10.8 Å². The van der Waals surface area contributed by atoms with E-state index in [0.29, 0.717) is 0 Å². The molecular formula is C18H12O. The van der Waals surface area contributed by atoms with Crippen molar-refractivity contribution in [2.75, 3.05) is 0 Å². The fraction of sp³-hybridized carbons (Fsp3) is 0.111. The molecule has 0 N–H and O–H groups in total. The summed E-state index contributed by atoms with van der Waals surface area (Å²) in [5, 5.41) is 2.60. The van der Waals surface area contributed by atoms with Crippen molar-refractivity contribution in [2.24, 2.45) is 0 Å². The van der Waals surface area contributed by atoms with Crippen molar-refractivity contribution < 1.29 is 4.74 Å². The Balaban J connectivity index is 1.90. The van der Waals surface area contributed by atoms with Crippen LogP contribution in [0.4, 0.5) is 0 Å². The predicted octanol–water partition coefficient (Wildman–Crippen LogP) is 4.63. The normalized spacial score (nSPS) is 22.5. The van der Waals surface area contributed by atoms with Crippen molar-refractivity contribution in [3.8, 4) is 11.1 Å². The molecule has 0 amide bonds. The molecule has 2 atom stereocenters. The lowest BCUT2D eigenvalue weighted by molar-refractivity contribution is 0.380. The molecule has 3 aromatic rings. The van der Waals surface area contributed by atoms with Gasteiger partial charge >= 0.3 is 0 Å². The zero-order chi connectivity index (χ0) is 12.4. The maximum absolute atomic E-state index is 5.88. The van der Waals surface area contributed by atoms with Crippen LogP contribution in [0.2, 0.25) is 0 Å². The third-order valence-corrected chi connectivity index (χ3v) is 4.27. The molecule has 1 heterocycles. The van der Waals surface area contributed by atoms with E-state index >= 15 is 0 Å². The summed E-state index contributed by atoms with van der Waals surface area (Å²) >= 11 is 0. The van der Waals surface area contributed by atoms with Crippen LogP contribution in [0.25, 0.3) is 21.9 Å². The number of ether oxygens (including phenoxy) is 1. The molecule has 0 radical (unpaired) electrons. The zero-order valence-corrected chi connectivity index (χ0v) is 10.3. The number of benzene rings is 3. The smallest absolute Gasteiger partial charge is 0.114 e. The highest BCUT2D eigenvalue weighted by molar-refractivity contribution is 5.91. The van der Waals surface area contributed by atoms with Gasteiger partial charge in [-0.15, -0.1) is 0 Å². The van der Waals surface area contributed by atoms with Gasteiger partial charge in [0, 0.05) is 0 Å². The monoisotopic (exact) mass is 244 g/mol. The highest BCUT2D eigenvalue weighted by Crippen LogP contribution is 2.59. The van der Waals surface area contributed by atoms with Gasteiger partial charge in [0.25, 0.3) is 0 Å². The van der Waals surface area contributed by atoms with Gasteiger partial charge in [0.2, 0.25) is 0 Å². The average molecular weight is 244 g/mol. The lowest BCUT2D eigenvalue weighted by atomic mass is 9.84. The van der Waals surface area contributed by atoms with Gasteiger partial charge in [-0.25, -0.2) is 0 Å². The fourth-order valence-corrected chi connectivity index (χ4v) is 3.30. The summed E-state index contributed by atoms with van der Waals surface area (Å²) in [6.45, 7) is 0. The van der Waals surface area contributed by atoms with E-state index < -0.39 is 0 Å². The first-order valence-corrected chi connectivity index (χ1v) is 6.69. The van der Waals surface area contributed by atoms with Gasteiger partial charge in [0.05, 0.1) is 0 Å². The minimum Gasteiger partial charge on any atom is -0.359 e. The molecule has 0 bridgehead atoms. The molecule has 0 aromatic heterocycles. The molecule has 5 rings (SSSR count). The molecule has 0 saturated carbocycles. The van der Waals surface area contributed by atoms with Gasteiger partial charge in [-0.05, 0) is 45.2 Å². The van der Waals surface area contributed by atoms with Crippen molar-refractivity contribution in [1.82, 2.24) is 0 Å². The Morgan fingerprint density at radius 3 is 2.21 bits per heavy atom. The van der Waals surface area contributed by atoms with Crippen molar-refractivity contribution in [1.29, 1.82) is 0 Å². The van der Waals surface area contributed by atoms with Crippen LogP contribution in [0.15, 0.2) is 60.7 Å². The molecule has 1 heteroatoms. The van der Waals surface area contributed by atoms with Crippen molar-refractivity contribution in [3.63, 3.8) is 0 Å². The maximum atomic E-state index is 5.88. The molecule has 1 nitrogen and oxygen atoms in total. The summed E-state index contributed by atoms with van der Waals surface area (Å²) in [6.07, 6.45) is 0.555. The molecular weight excluding hydrogens is 232 g/mol. The number of rotatable bonds is 0. The molecule has 3 aromatic carbocycles. The second kappa shape index (κ2) is 3.25. The summed E-state index contributed by atoms with van der Waals surface area (Å²) < 4.78 is 5.88. The van der Waals surface area contributed by atoms with Gasteiger partial charge in [0.1, 0.15) is 12.2 Å². The minimum atomic E-state index is 0.273. The second-order valence-electron chi connectivity index (χ2n) is 5.35. The molecule has 2 aliphatic rings. The van der Waals surface area contributed by atoms with Crippen LogP contribution >= 0.6 is 0 Å². The van der Waals surface area contributed by atoms with Gasteiger partial charge in [0.15, 0.2) is 0 Å². The predicted molar refractivity (Wildman–Crippen MR) is 76.0 cm³/mol. The lowest BCUT2D eigenvalue weighted by Gasteiger charge is -2.17. The van der Waals surface area contributed by atoms with Crippen LogP contribution in [-0.2, 0) is 4.74 Å². The van der Waals surface area contributed by atoms with Gasteiger partial charge < -0.3 is 4.74 Å². The lowest BCUT2D eigenvalue weighted by Crippen LogP contribution is -1.99. The maximum Gasteiger partial charge on any atom is 0.114 e. The van der Waals surface area contributed by atoms with Gasteiger partial charge in [-0.2, -0.15) is 0 Å². The number of epoxide rings is 1. The van der Waals surface area contributed by atoms with Gasteiger partial charge in [-0.1, -0.05) is 48.5 Å². The van der Waals surface area contributed by atoms with E-state index in [1.807, 2.05) is 0 Å². The number of hydrogen-bond donors (Lipinski definition) is 0. The van der Waals surface area contributed by atoms with E-state index in [1.165, 1.54) is 33.0 Å². The Kier molecular flexibility index (Phi) is 1.67. The van der Waals surface area contributed by atoms with Gasteiger partial charge in [-0.3, -0.25) is 0 Å². The van der Waals surface area contributed by atoms with E-state index in [1.54, 1.807) is 0 Å². The third kappa shape index (κ3) is 1.23. The first kappa shape index (κ1) is 9.76. The molecule has 1 unspecified atom stereocenters. The van der Waals surface area contributed by atoms with E-state index in [-0.39, 0.29) is 12.2 Å². The van der Waals surface area contributed by atoms with E-state index in [0.717, 1.165) is 0 Å². The van der Waals surface area contributed by atoms with E-state index in [2.05, 4.69) is 60.7 Å². The Morgan fingerprint density at radius 1 is 0.632 bits per heavy atom. The molecule has 0 spiro atoms. The first-order chi connectivity index (χ1) is 9.42. The number of hydrogen-bond acceptors (Lipinski definition) is 1. The minimum absolute atomic E-state index is 0.273.